The second-order valence-electron chi connectivity index (χ2n) is 6.01. The molecule has 0 saturated carbocycles. The van der Waals surface area contributed by atoms with E-state index in [0.29, 0.717) is 21.3 Å². The van der Waals surface area contributed by atoms with Crippen molar-refractivity contribution < 1.29 is 14.5 Å². The van der Waals surface area contributed by atoms with Gasteiger partial charge in [0.25, 0.3) is 0 Å². The summed E-state index contributed by atoms with van der Waals surface area (Å²) in [5.41, 5.74) is 2.75. The number of carbonyl (C=O) groups excluding carboxylic acids is 1. The van der Waals surface area contributed by atoms with Crippen LogP contribution >= 0.6 is 23.2 Å². The molecule has 0 aliphatic rings. The smallest absolute Gasteiger partial charge is 0.406 e. The zero-order chi connectivity index (χ0) is 20.4. The number of aromatic nitrogens is 2. The van der Waals surface area contributed by atoms with Crippen molar-refractivity contribution in [3.05, 3.63) is 79.7 Å². The maximum Gasteiger partial charge on any atom is 0.406 e. The van der Waals surface area contributed by atoms with Crippen molar-refractivity contribution in [2.45, 2.75) is 13.8 Å². The molecule has 144 valence electrons. The fourth-order valence-electron chi connectivity index (χ4n) is 2.92. The fourth-order valence-corrected chi connectivity index (χ4v) is 3.21. The first kappa shape index (κ1) is 19.9. The molecule has 0 radical (unpaired) electrons. The van der Waals surface area contributed by atoms with E-state index in [1.165, 1.54) is 18.3 Å². The monoisotopic (exact) mass is 419 g/mol. The molecular formula is C19H15Cl2N3O4. The summed E-state index contributed by atoms with van der Waals surface area (Å²) in [7, 11) is 0. The number of benzene rings is 1. The topological polar surface area (TPSA) is 87.3 Å². The summed E-state index contributed by atoms with van der Waals surface area (Å²) < 4.78 is 7.23. The zero-order valence-electron chi connectivity index (χ0n) is 15.0. The van der Waals surface area contributed by atoms with E-state index in [9.17, 15) is 14.9 Å². The molecule has 0 aliphatic heterocycles. The maximum atomic E-state index is 12.7. The van der Waals surface area contributed by atoms with E-state index in [1.807, 2.05) is 11.5 Å². The molecule has 0 spiro atoms. The molecule has 3 aromatic rings. The molecule has 3 rings (SSSR count). The molecule has 0 unspecified atom stereocenters. The molecule has 7 nitrogen and oxygen atoms in total. The minimum atomic E-state index is -0.657. The number of ketones is 1. The van der Waals surface area contributed by atoms with Gasteiger partial charge in [0.15, 0.2) is 6.61 Å². The third-order valence-corrected chi connectivity index (χ3v) is 4.91. The van der Waals surface area contributed by atoms with Crippen LogP contribution in [0.5, 0.6) is 5.75 Å². The molecule has 0 amide bonds. The second-order valence-corrected chi connectivity index (χ2v) is 6.83. The fraction of sp³-hybridized carbons (Fsp3) is 0.158. The molecule has 28 heavy (non-hydrogen) atoms. The number of nitrogens with zero attached hydrogens (tertiary/aromatic N) is 3. The Morgan fingerprint density at radius 2 is 1.96 bits per heavy atom. The number of rotatable bonds is 6. The van der Waals surface area contributed by atoms with E-state index >= 15 is 0 Å². The van der Waals surface area contributed by atoms with Gasteiger partial charge in [-0.3, -0.25) is 4.79 Å². The molecule has 2 aromatic heterocycles. The van der Waals surface area contributed by atoms with E-state index in [1.54, 1.807) is 31.2 Å². The molecular weight excluding hydrogens is 405 g/mol. The van der Waals surface area contributed by atoms with Crippen LogP contribution in [0.3, 0.4) is 0 Å². The lowest BCUT2D eigenvalue weighted by Gasteiger charge is -2.11. The number of aryl methyl sites for hydroxylation is 1. The summed E-state index contributed by atoms with van der Waals surface area (Å²) in [5, 5.41) is 11.9. The summed E-state index contributed by atoms with van der Waals surface area (Å²) in [5.74, 6) is -0.798. The second kappa shape index (κ2) is 8.00. The summed E-state index contributed by atoms with van der Waals surface area (Å²) in [4.78, 5) is 26.7. The van der Waals surface area contributed by atoms with Crippen molar-refractivity contribution in [1.82, 2.24) is 9.55 Å². The third-order valence-electron chi connectivity index (χ3n) is 4.18. The minimum absolute atomic E-state index is 0.0564. The molecule has 0 fully saturated rings. The van der Waals surface area contributed by atoms with Crippen molar-refractivity contribution >= 4 is 34.8 Å². The Labute approximate surface area is 170 Å². The van der Waals surface area contributed by atoms with Gasteiger partial charge in [0, 0.05) is 22.6 Å². The van der Waals surface area contributed by atoms with Gasteiger partial charge < -0.3 is 19.4 Å². The molecule has 9 heteroatoms. The minimum Gasteiger partial charge on any atom is -0.477 e. The van der Waals surface area contributed by atoms with Gasteiger partial charge >= 0.3 is 5.82 Å². The van der Waals surface area contributed by atoms with Gasteiger partial charge in [0.1, 0.15) is 6.20 Å². The van der Waals surface area contributed by atoms with Crippen LogP contribution in [0.25, 0.3) is 5.69 Å². The largest absolute Gasteiger partial charge is 0.477 e. The van der Waals surface area contributed by atoms with Crippen molar-refractivity contribution in [1.29, 1.82) is 0 Å². The number of nitro groups is 1. The summed E-state index contributed by atoms with van der Waals surface area (Å²) in [6, 6.07) is 9.84. The van der Waals surface area contributed by atoms with Gasteiger partial charge in [-0.15, -0.1) is 0 Å². The number of carbonyl (C=O) groups is 1. The number of halogens is 2. The molecule has 0 saturated heterocycles. The first-order valence-electron chi connectivity index (χ1n) is 8.19. The number of ether oxygens (including phenoxy) is 1. The molecule has 1 aromatic carbocycles. The Bertz CT molecular complexity index is 1080. The van der Waals surface area contributed by atoms with Crippen LogP contribution in [0.15, 0.2) is 42.6 Å². The Morgan fingerprint density at radius 3 is 2.64 bits per heavy atom. The summed E-state index contributed by atoms with van der Waals surface area (Å²) >= 11 is 12.1. The standard InChI is InChI=1S/C19H15Cl2N3O4/c1-11-8-14(12(2)23(11)13-5-6-15(20)16(21)9-13)17(25)10-28-18-4-3-7-22-19(18)24(26)27/h3-9H,10H2,1-2H3. The van der Waals surface area contributed by atoms with E-state index < -0.39 is 10.7 Å². The average Bonchev–Trinajstić information content (AvgIpc) is 2.96. The summed E-state index contributed by atoms with van der Waals surface area (Å²) in [6.07, 6.45) is 1.29. The Balaban J connectivity index is 1.86. The predicted octanol–water partition coefficient (Wildman–Crippen LogP) is 4.97. The maximum absolute atomic E-state index is 12.7. The molecule has 0 N–H and O–H groups in total. The number of pyridine rings is 1. The quantitative estimate of drug-likeness (QED) is 0.319. The molecule has 0 bridgehead atoms. The third kappa shape index (κ3) is 3.85. The summed E-state index contributed by atoms with van der Waals surface area (Å²) in [6.45, 7) is 3.31. The van der Waals surface area contributed by atoms with Crippen LogP contribution in [-0.2, 0) is 0 Å². The first-order valence-corrected chi connectivity index (χ1v) is 8.95. The van der Waals surface area contributed by atoms with Gasteiger partial charge in [-0.05, 0) is 60.2 Å². The van der Waals surface area contributed by atoms with E-state index in [0.717, 1.165) is 11.4 Å². The number of Topliss-reactive ketones (excluding diaryl/α,β-unsaturated/α-hetero) is 1. The number of hydrogen-bond acceptors (Lipinski definition) is 5. The lowest BCUT2D eigenvalue weighted by molar-refractivity contribution is -0.390. The highest BCUT2D eigenvalue weighted by molar-refractivity contribution is 6.42. The Kier molecular flexibility index (Phi) is 5.67. The highest BCUT2D eigenvalue weighted by Gasteiger charge is 2.20. The molecule has 0 atom stereocenters. The lowest BCUT2D eigenvalue weighted by Crippen LogP contribution is -2.13. The Hall–Kier alpha value is -2.90. The van der Waals surface area contributed by atoms with Crippen molar-refractivity contribution in [2.24, 2.45) is 0 Å². The lowest BCUT2D eigenvalue weighted by atomic mass is 10.1. The van der Waals surface area contributed by atoms with Gasteiger partial charge in [0.05, 0.1) is 10.0 Å². The first-order chi connectivity index (χ1) is 13.3. The van der Waals surface area contributed by atoms with Crippen LogP contribution in [0, 0.1) is 24.0 Å². The average molecular weight is 420 g/mol. The molecule has 0 aliphatic carbocycles. The van der Waals surface area contributed by atoms with Gasteiger partial charge in [-0.1, -0.05) is 23.2 Å². The Morgan fingerprint density at radius 1 is 1.21 bits per heavy atom. The van der Waals surface area contributed by atoms with Crippen molar-refractivity contribution in [2.75, 3.05) is 6.61 Å². The normalized spacial score (nSPS) is 10.7. The van der Waals surface area contributed by atoms with Gasteiger partial charge in [-0.25, -0.2) is 0 Å². The highest BCUT2D eigenvalue weighted by Crippen LogP contribution is 2.28. The van der Waals surface area contributed by atoms with Crippen LogP contribution < -0.4 is 4.74 Å². The van der Waals surface area contributed by atoms with Crippen LogP contribution in [0.1, 0.15) is 21.7 Å². The van der Waals surface area contributed by atoms with Crippen LogP contribution in [0.4, 0.5) is 5.82 Å². The predicted molar refractivity (Wildman–Crippen MR) is 106 cm³/mol. The van der Waals surface area contributed by atoms with E-state index in [2.05, 4.69) is 4.98 Å². The van der Waals surface area contributed by atoms with Gasteiger partial charge in [0.2, 0.25) is 11.5 Å². The van der Waals surface area contributed by atoms with Crippen LogP contribution in [-0.4, -0.2) is 26.9 Å². The van der Waals surface area contributed by atoms with Crippen molar-refractivity contribution in [3.8, 4) is 11.4 Å². The van der Waals surface area contributed by atoms with Crippen LogP contribution in [0.2, 0.25) is 10.0 Å². The molecule has 2 heterocycles. The SMILES string of the molecule is Cc1cc(C(=O)COc2cccnc2[N+](=O)[O-])c(C)n1-c1ccc(Cl)c(Cl)c1. The van der Waals surface area contributed by atoms with E-state index in [-0.39, 0.29) is 18.1 Å². The number of hydrogen-bond donors (Lipinski definition) is 0. The van der Waals surface area contributed by atoms with Gasteiger partial charge in [-0.2, -0.15) is 0 Å². The zero-order valence-corrected chi connectivity index (χ0v) is 16.5. The van der Waals surface area contributed by atoms with Crippen molar-refractivity contribution in [3.63, 3.8) is 0 Å². The highest BCUT2D eigenvalue weighted by atomic mass is 35.5. The van der Waals surface area contributed by atoms with E-state index in [4.69, 9.17) is 27.9 Å².